The minimum absolute atomic E-state index is 0.0509. The number of aryl methyl sites for hydroxylation is 1. The van der Waals surface area contributed by atoms with Crippen molar-refractivity contribution in [2.24, 2.45) is 4.99 Å². The van der Waals surface area contributed by atoms with Crippen LogP contribution in [-0.2, 0) is 0 Å². The number of benzene rings is 1. The summed E-state index contributed by atoms with van der Waals surface area (Å²) in [5.41, 5.74) is 4.30. The van der Waals surface area contributed by atoms with Crippen LogP contribution in [0.25, 0.3) is 16.7 Å². The number of carbonyl (C=O) groups is 2. The van der Waals surface area contributed by atoms with Crippen molar-refractivity contribution >= 4 is 40.0 Å². The van der Waals surface area contributed by atoms with E-state index in [0.29, 0.717) is 40.1 Å². The van der Waals surface area contributed by atoms with Gasteiger partial charge in [0.15, 0.2) is 5.78 Å². The summed E-state index contributed by atoms with van der Waals surface area (Å²) in [6.45, 7) is 1.79. The number of carbonyl (C=O) groups excluding carboxylic acids is 2. The van der Waals surface area contributed by atoms with E-state index >= 15 is 0 Å². The van der Waals surface area contributed by atoms with Crippen LogP contribution >= 0.6 is 0 Å². The van der Waals surface area contributed by atoms with Gasteiger partial charge in [0.25, 0.3) is 5.91 Å². The molecular formula is C22H18N6O2. The smallest absolute Gasteiger partial charge is 0.276 e. The molecule has 0 saturated heterocycles. The minimum atomic E-state index is -0.329. The zero-order valence-electron chi connectivity index (χ0n) is 16.2. The van der Waals surface area contributed by atoms with Gasteiger partial charge in [-0.1, -0.05) is 18.2 Å². The number of ketones is 1. The van der Waals surface area contributed by atoms with E-state index in [9.17, 15) is 9.59 Å². The number of pyridine rings is 1. The number of aliphatic imine (C=N–C) groups is 1. The first kappa shape index (κ1) is 18.0. The Hall–Kier alpha value is -4.07. The summed E-state index contributed by atoms with van der Waals surface area (Å²) < 4.78 is 1.73. The molecule has 0 radical (unpaired) electrons. The summed E-state index contributed by atoms with van der Waals surface area (Å²) in [7, 11) is 0. The zero-order chi connectivity index (χ0) is 20.7. The molecule has 30 heavy (non-hydrogen) atoms. The first-order valence-corrected chi connectivity index (χ1v) is 9.57. The van der Waals surface area contributed by atoms with E-state index < -0.39 is 0 Å². The number of nitrogens with zero attached hydrogens (tertiary/aromatic N) is 4. The second-order valence-corrected chi connectivity index (χ2v) is 7.10. The van der Waals surface area contributed by atoms with Crippen molar-refractivity contribution in [1.82, 2.24) is 19.4 Å². The van der Waals surface area contributed by atoms with Crippen molar-refractivity contribution < 1.29 is 9.59 Å². The largest absolute Gasteiger partial charge is 0.324 e. The lowest BCUT2D eigenvalue weighted by molar-refractivity contribution is 0.0998. The summed E-state index contributed by atoms with van der Waals surface area (Å²) in [6.07, 6.45) is 6.38. The molecule has 8 nitrogen and oxygen atoms in total. The molecule has 5 rings (SSSR count). The van der Waals surface area contributed by atoms with Gasteiger partial charge in [0.05, 0.1) is 11.2 Å². The molecule has 0 atom stereocenters. The second kappa shape index (κ2) is 7.07. The van der Waals surface area contributed by atoms with Gasteiger partial charge >= 0.3 is 0 Å². The molecule has 0 unspecified atom stereocenters. The number of aromatic amines is 1. The van der Waals surface area contributed by atoms with Crippen LogP contribution in [0.3, 0.4) is 0 Å². The number of H-pyrrole nitrogens is 1. The highest BCUT2D eigenvalue weighted by Crippen LogP contribution is 2.22. The Morgan fingerprint density at radius 1 is 1.17 bits per heavy atom. The fraction of sp³-hybridized carbons (Fsp3) is 0.136. The average Bonchev–Trinajstić information content (AvgIpc) is 3.44. The van der Waals surface area contributed by atoms with Gasteiger partial charge in [-0.25, -0.2) is 9.97 Å². The number of hydrogen-bond acceptors (Lipinski definition) is 5. The Morgan fingerprint density at radius 3 is 2.90 bits per heavy atom. The maximum atomic E-state index is 12.9. The van der Waals surface area contributed by atoms with Gasteiger partial charge < -0.3 is 4.98 Å². The van der Waals surface area contributed by atoms with E-state index in [-0.39, 0.29) is 24.1 Å². The summed E-state index contributed by atoms with van der Waals surface area (Å²) in [4.78, 5) is 41.9. The topological polar surface area (TPSA) is 105 Å². The molecule has 1 aromatic carbocycles. The van der Waals surface area contributed by atoms with Crippen LogP contribution in [0.5, 0.6) is 0 Å². The summed E-state index contributed by atoms with van der Waals surface area (Å²) in [5.74, 6) is -0.102. The Balaban J connectivity index is 1.44. The average molecular weight is 398 g/mol. The number of imidazole rings is 2. The molecule has 1 aliphatic rings. The normalized spacial score (nSPS) is 13.2. The molecule has 1 aliphatic heterocycles. The quantitative estimate of drug-likeness (QED) is 0.500. The van der Waals surface area contributed by atoms with Gasteiger partial charge in [0.1, 0.15) is 16.9 Å². The number of hydrogen-bond donors (Lipinski definition) is 2. The monoisotopic (exact) mass is 398 g/mol. The number of fused-ring (bicyclic) bond motifs is 2. The van der Waals surface area contributed by atoms with E-state index in [2.05, 4.69) is 25.3 Å². The maximum absolute atomic E-state index is 12.9. The van der Waals surface area contributed by atoms with E-state index in [0.717, 1.165) is 5.71 Å². The molecule has 148 valence electrons. The third-order valence-corrected chi connectivity index (χ3v) is 5.04. The molecule has 0 aliphatic carbocycles. The Labute approximate surface area is 171 Å². The molecular weight excluding hydrogens is 380 g/mol. The van der Waals surface area contributed by atoms with Gasteiger partial charge in [-0.05, 0) is 31.2 Å². The number of rotatable bonds is 5. The highest BCUT2D eigenvalue weighted by molar-refractivity contribution is 6.15. The lowest BCUT2D eigenvalue weighted by Gasteiger charge is -2.03. The van der Waals surface area contributed by atoms with Crippen LogP contribution in [-0.4, -0.2) is 36.8 Å². The van der Waals surface area contributed by atoms with Crippen molar-refractivity contribution in [3.8, 4) is 0 Å². The summed E-state index contributed by atoms with van der Waals surface area (Å²) in [5, 5.41) is 2.79. The Bertz CT molecular complexity index is 1380. The summed E-state index contributed by atoms with van der Waals surface area (Å²) >= 11 is 0. The third kappa shape index (κ3) is 3.08. The second-order valence-electron chi connectivity index (χ2n) is 7.10. The number of anilines is 1. The highest BCUT2D eigenvalue weighted by Gasteiger charge is 2.20. The predicted molar refractivity (Wildman–Crippen MR) is 114 cm³/mol. The Kier molecular flexibility index (Phi) is 4.24. The van der Waals surface area contributed by atoms with Gasteiger partial charge in [-0.15, -0.1) is 0 Å². The number of allylic oxidation sites excluding steroid dienone is 1. The van der Waals surface area contributed by atoms with Crippen molar-refractivity contribution in [2.75, 3.05) is 5.32 Å². The first-order valence-electron chi connectivity index (χ1n) is 9.57. The molecule has 0 bridgehead atoms. The van der Waals surface area contributed by atoms with E-state index in [4.69, 9.17) is 0 Å². The SMILES string of the molecule is Cc1nc2ccccn2c1C(=O)Nc1nc2c(C(=O)CC3=NC=CC3)cccc2[nH]1. The number of aromatic nitrogens is 4. The van der Waals surface area contributed by atoms with Gasteiger partial charge in [-0.2, -0.15) is 0 Å². The lowest BCUT2D eigenvalue weighted by Crippen LogP contribution is -2.16. The third-order valence-electron chi connectivity index (χ3n) is 5.04. The molecule has 2 N–H and O–H groups in total. The predicted octanol–water partition coefficient (Wildman–Crippen LogP) is 3.70. The van der Waals surface area contributed by atoms with Gasteiger partial charge in [0, 0.05) is 36.5 Å². The molecule has 0 fully saturated rings. The van der Waals surface area contributed by atoms with Gasteiger partial charge in [0.2, 0.25) is 5.95 Å². The van der Waals surface area contributed by atoms with Crippen molar-refractivity contribution in [3.05, 3.63) is 71.8 Å². The van der Waals surface area contributed by atoms with Gasteiger partial charge in [-0.3, -0.25) is 24.3 Å². The molecule has 8 heteroatoms. The molecule has 4 aromatic rings. The standard InChI is InChI=1S/C22H18N6O2/c1-13-20(28-11-3-2-9-18(28)24-13)21(30)27-22-25-16-8-4-7-15(19(16)26-22)17(29)12-14-6-5-10-23-14/h2-5,7-11H,6,12H2,1H3,(H2,25,26,27,30). The van der Waals surface area contributed by atoms with Crippen molar-refractivity contribution in [3.63, 3.8) is 0 Å². The van der Waals surface area contributed by atoms with Crippen molar-refractivity contribution in [2.45, 2.75) is 19.8 Å². The fourth-order valence-corrected chi connectivity index (χ4v) is 3.67. The van der Waals surface area contributed by atoms with Crippen LogP contribution in [0.1, 0.15) is 39.4 Å². The minimum Gasteiger partial charge on any atom is -0.324 e. The number of Topliss-reactive ketones (excluding diaryl/α,β-unsaturated/α-hetero) is 1. The zero-order valence-corrected chi connectivity index (χ0v) is 16.2. The molecule has 3 aromatic heterocycles. The van der Waals surface area contributed by atoms with Crippen LogP contribution in [0.2, 0.25) is 0 Å². The molecule has 4 heterocycles. The van der Waals surface area contributed by atoms with E-state index in [1.165, 1.54) is 0 Å². The van der Waals surface area contributed by atoms with Crippen LogP contribution in [0, 0.1) is 6.92 Å². The number of nitrogens with one attached hydrogen (secondary N) is 2. The van der Waals surface area contributed by atoms with Crippen LogP contribution in [0.4, 0.5) is 5.95 Å². The van der Waals surface area contributed by atoms with Crippen LogP contribution in [0.15, 0.2) is 59.9 Å². The molecule has 0 spiro atoms. The lowest BCUT2D eigenvalue weighted by atomic mass is 10.0. The fourth-order valence-electron chi connectivity index (χ4n) is 3.67. The molecule has 1 amide bonds. The number of amides is 1. The van der Waals surface area contributed by atoms with E-state index in [1.54, 1.807) is 35.9 Å². The van der Waals surface area contributed by atoms with Crippen molar-refractivity contribution in [1.29, 1.82) is 0 Å². The Morgan fingerprint density at radius 2 is 2.07 bits per heavy atom. The first-order chi connectivity index (χ1) is 14.6. The number of para-hydroxylation sites is 1. The summed E-state index contributed by atoms with van der Waals surface area (Å²) in [6, 6.07) is 10.9. The highest BCUT2D eigenvalue weighted by atomic mass is 16.2. The molecule has 0 saturated carbocycles. The van der Waals surface area contributed by atoms with E-state index in [1.807, 2.05) is 30.3 Å². The maximum Gasteiger partial charge on any atom is 0.276 e. The van der Waals surface area contributed by atoms with Crippen LogP contribution < -0.4 is 5.32 Å².